The largest absolute Gasteiger partial charge is 0.497 e. The van der Waals surface area contributed by atoms with Crippen LogP contribution in [0.2, 0.25) is 5.02 Å². The van der Waals surface area contributed by atoms with Crippen molar-refractivity contribution in [1.82, 2.24) is 4.90 Å². The zero-order chi connectivity index (χ0) is 18.5. The van der Waals surface area contributed by atoms with Crippen molar-refractivity contribution in [2.24, 2.45) is 0 Å². The summed E-state index contributed by atoms with van der Waals surface area (Å²) in [6.07, 6.45) is -0.0546. The van der Waals surface area contributed by atoms with Crippen LogP contribution in [0.25, 0.3) is 0 Å². The highest BCUT2D eigenvalue weighted by molar-refractivity contribution is 6.31. The van der Waals surface area contributed by atoms with Crippen LogP contribution in [0.15, 0.2) is 42.5 Å². The molecule has 0 spiro atoms. The number of amides is 1. The minimum Gasteiger partial charge on any atom is -0.497 e. The molecule has 2 aromatic rings. The maximum absolute atomic E-state index is 13.0. The van der Waals surface area contributed by atoms with E-state index >= 15 is 0 Å². The highest BCUT2D eigenvalue weighted by atomic mass is 35.5. The fourth-order valence-corrected chi connectivity index (χ4v) is 2.72. The van der Waals surface area contributed by atoms with E-state index in [1.807, 2.05) is 0 Å². The maximum atomic E-state index is 13.0. The molecule has 26 heavy (non-hydrogen) atoms. The van der Waals surface area contributed by atoms with Crippen molar-refractivity contribution >= 4 is 17.5 Å². The Morgan fingerprint density at radius 2 is 1.88 bits per heavy atom. The number of halogens is 2. The van der Waals surface area contributed by atoms with Crippen molar-refractivity contribution in [2.75, 3.05) is 26.8 Å². The minimum absolute atomic E-state index is 0.0250. The Bertz CT molecular complexity index is 763. The van der Waals surface area contributed by atoms with Crippen molar-refractivity contribution < 1.29 is 23.4 Å². The van der Waals surface area contributed by atoms with Gasteiger partial charge in [-0.15, -0.1) is 0 Å². The van der Waals surface area contributed by atoms with E-state index in [0.29, 0.717) is 23.9 Å². The fraction of sp³-hybridized carbons (Fsp3) is 0.316. The number of hydrogen-bond acceptors (Lipinski definition) is 4. The van der Waals surface area contributed by atoms with E-state index in [1.54, 1.807) is 42.3 Å². The molecule has 0 N–H and O–H groups in total. The first-order valence-electron chi connectivity index (χ1n) is 8.15. The third kappa shape index (κ3) is 4.65. The number of hydrogen-bond donors (Lipinski definition) is 0. The van der Waals surface area contributed by atoms with Crippen molar-refractivity contribution in [3.05, 3.63) is 58.9 Å². The summed E-state index contributed by atoms with van der Waals surface area (Å²) in [6, 6.07) is 11.2. The number of ether oxygens (including phenoxy) is 3. The van der Waals surface area contributed by atoms with Crippen LogP contribution < -0.4 is 9.47 Å². The smallest absolute Gasteiger partial charge is 0.260 e. The number of carbonyl (C=O) groups excluding carboxylic acids is 1. The minimum atomic E-state index is -0.379. The van der Waals surface area contributed by atoms with Crippen LogP contribution in [0.5, 0.6) is 11.5 Å². The first-order valence-corrected chi connectivity index (χ1v) is 8.53. The molecule has 0 unspecified atom stereocenters. The maximum Gasteiger partial charge on any atom is 0.260 e. The van der Waals surface area contributed by atoms with E-state index in [2.05, 4.69) is 0 Å². The van der Waals surface area contributed by atoms with Gasteiger partial charge in [-0.1, -0.05) is 17.7 Å². The second-order valence-electron chi connectivity index (χ2n) is 5.93. The predicted molar refractivity (Wildman–Crippen MR) is 95.1 cm³/mol. The third-order valence-electron chi connectivity index (χ3n) is 4.11. The molecule has 0 radical (unpaired) electrons. The molecule has 0 atom stereocenters. The number of nitrogens with zero attached hydrogens (tertiary/aromatic N) is 1. The molecule has 1 aliphatic rings. The van der Waals surface area contributed by atoms with Gasteiger partial charge in [-0.2, -0.15) is 0 Å². The zero-order valence-electron chi connectivity index (χ0n) is 14.3. The summed E-state index contributed by atoms with van der Waals surface area (Å²) < 4.78 is 29.3. The molecule has 1 fully saturated rings. The Labute approximate surface area is 156 Å². The van der Waals surface area contributed by atoms with Gasteiger partial charge in [-0.25, -0.2) is 4.39 Å². The lowest BCUT2D eigenvalue weighted by molar-refractivity contribution is -0.148. The number of methoxy groups -OCH3 is 1. The molecule has 1 saturated heterocycles. The van der Waals surface area contributed by atoms with Gasteiger partial charge in [0.2, 0.25) is 0 Å². The summed E-state index contributed by atoms with van der Waals surface area (Å²) in [5.74, 6) is 0.864. The highest BCUT2D eigenvalue weighted by Crippen LogP contribution is 2.21. The second-order valence-corrected chi connectivity index (χ2v) is 6.34. The van der Waals surface area contributed by atoms with Gasteiger partial charge in [0.05, 0.1) is 19.8 Å². The monoisotopic (exact) mass is 379 g/mol. The van der Waals surface area contributed by atoms with Crippen molar-refractivity contribution in [3.63, 3.8) is 0 Å². The third-order valence-corrected chi connectivity index (χ3v) is 4.46. The predicted octanol–water partition coefficient (Wildman–Crippen LogP) is 3.29. The van der Waals surface area contributed by atoms with Crippen molar-refractivity contribution in [1.29, 1.82) is 0 Å². The number of likely N-dealkylation sites (tertiary alicyclic amines) is 1. The van der Waals surface area contributed by atoms with E-state index < -0.39 is 0 Å². The summed E-state index contributed by atoms with van der Waals surface area (Å²) in [5, 5.41) is 0.338. The van der Waals surface area contributed by atoms with Gasteiger partial charge < -0.3 is 19.1 Å². The fourth-order valence-electron chi connectivity index (χ4n) is 2.50. The highest BCUT2D eigenvalue weighted by Gasteiger charge is 2.31. The molecule has 5 nitrogen and oxygen atoms in total. The van der Waals surface area contributed by atoms with E-state index in [0.717, 1.165) is 11.3 Å². The Hall–Kier alpha value is -2.31. The number of rotatable bonds is 7. The van der Waals surface area contributed by atoms with Gasteiger partial charge in [-0.05, 0) is 42.0 Å². The van der Waals surface area contributed by atoms with Gasteiger partial charge in [0, 0.05) is 18.1 Å². The topological polar surface area (TPSA) is 48.0 Å². The molecule has 2 aromatic carbocycles. The van der Waals surface area contributed by atoms with Gasteiger partial charge in [0.15, 0.2) is 6.61 Å². The molecule has 7 heteroatoms. The number of carbonyl (C=O) groups is 1. The van der Waals surface area contributed by atoms with Crippen LogP contribution in [-0.2, 0) is 16.1 Å². The standard InChI is InChI=1S/C19H19ClFNO4/c1-24-15-4-6-16(7-5-15)26-12-19(23)22-9-17(10-22)25-11-13-2-3-14(21)8-18(13)20/h2-8,17H,9-12H2,1H3. The van der Waals surface area contributed by atoms with Gasteiger partial charge in [0.25, 0.3) is 5.91 Å². The van der Waals surface area contributed by atoms with Crippen LogP contribution >= 0.6 is 11.6 Å². The molecule has 3 rings (SSSR count). The van der Waals surface area contributed by atoms with Crippen LogP contribution in [0.1, 0.15) is 5.56 Å². The Morgan fingerprint density at radius 1 is 1.19 bits per heavy atom. The van der Waals surface area contributed by atoms with E-state index in [4.69, 9.17) is 25.8 Å². The lowest BCUT2D eigenvalue weighted by Crippen LogP contribution is -2.55. The molecule has 0 aromatic heterocycles. The Kier molecular flexibility index (Phi) is 5.96. The molecule has 138 valence electrons. The van der Waals surface area contributed by atoms with Crippen LogP contribution in [0, 0.1) is 5.82 Å². The van der Waals surface area contributed by atoms with Gasteiger partial charge >= 0.3 is 0 Å². The van der Waals surface area contributed by atoms with Crippen LogP contribution in [0.3, 0.4) is 0 Å². The Balaban J connectivity index is 1.38. The summed E-state index contributed by atoms with van der Waals surface area (Å²) >= 11 is 5.96. The molecule has 0 aliphatic carbocycles. The molecule has 1 amide bonds. The molecule has 0 bridgehead atoms. The molecular formula is C19H19ClFNO4. The second kappa shape index (κ2) is 8.38. The zero-order valence-corrected chi connectivity index (χ0v) is 15.0. The van der Waals surface area contributed by atoms with E-state index in [-0.39, 0.29) is 31.0 Å². The van der Waals surface area contributed by atoms with Gasteiger partial charge in [-0.3, -0.25) is 4.79 Å². The van der Waals surface area contributed by atoms with Crippen molar-refractivity contribution in [2.45, 2.75) is 12.7 Å². The lowest BCUT2D eigenvalue weighted by Gasteiger charge is -2.38. The summed E-state index contributed by atoms with van der Waals surface area (Å²) in [7, 11) is 1.59. The molecule has 1 heterocycles. The molecule has 1 aliphatic heterocycles. The SMILES string of the molecule is COc1ccc(OCC(=O)N2CC(OCc3ccc(F)cc3Cl)C2)cc1. The van der Waals surface area contributed by atoms with Crippen LogP contribution in [-0.4, -0.2) is 43.7 Å². The van der Waals surface area contributed by atoms with E-state index in [9.17, 15) is 9.18 Å². The summed E-state index contributed by atoms with van der Waals surface area (Å²) in [6.45, 7) is 1.27. The summed E-state index contributed by atoms with van der Waals surface area (Å²) in [5.41, 5.74) is 0.723. The average Bonchev–Trinajstić information content (AvgIpc) is 2.60. The summed E-state index contributed by atoms with van der Waals surface area (Å²) in [4.78, 5) is 13.8. The van der Waals surface area contributed by atoms with E-state index in [1.165, 1.54) is 12.1 Å². The van der Waals surface area contributed by atoms with Gasteiger partial charge in [0.1, 0.15) is 17.3 Å². The first-order chi connectivity index (χ1) is 12.5. The van der Waals surface area contributed by atoms with Crippen LogP contribution in [0.4, 0.5) is 4.39 Å². The molecular weight excluding hydrogens is 361 g/mol. The number of benzene rings is 2. The lowest BCUT2D eigenvalue weighted by atomic mass is 10.1. The average molecular weight is 380 g/mol. The quantitative estimate of drug-likeness (QED) is 0.740. The van der Waals surface area contributed by atoms with Crippen molar-refractivity contribution in [3.8, 4) is 11.5 Å². The first kappa shape index (κ1) is 18.5. The molecule has 0 saturated carbocycles. The normalized spacial score (nSPS) is 14.0. The Morgan fingerprint density at radius 3 is 2.54 bits per heavy atom.